The molecule has 1 aromatic carbocycles. The Hall–Kier alpha value is -1.06. The molecule has 0 spiro atoms. The Bertz CT molecular complexity index is 431. The highest BCUT2D eigenvalue weighted by Crippen LogP contribution is 2.35. The Morgan fingerprint density at radius 2 is 2.29 bits per heavy atom. The number of ether oxygens (including phenoxy) is 1. The molecule has 1 fully saturated rings. The second-order valence-corrected chi connectivity index (χ2v) is 4.79. The Kier molecular flexibility index (Phi) is 3.69. The molecule has 1 aliphatic heterocycles. The third-order valence-electron chi connectivity index (χ3n) is 3.16. The molecule has 1 aliphatic rings. The fraction of sp³-hybridized carbons (Fsp3) is 0.462. The summed E-state index contributed by atoms with van der Waals surface area (Å²) in [7, 11) is 0. The first-order valence-electron chi connectivity index (χ1n) is 5.70. The van der Waals surface area contributed by atoms with Crippen molar-refractivity contribution in [2.45, 2.75) is 25.9 Å². The van der Waals surface area contributed by atoms with Crippen LogP contribution in [0.3, 0.4) is 0 Å². The van der Waals surface area contributed by atoms with Gasteiger partial charge in [0.25, 0.3) is 0 Å². The molecule has 0 aromatic heterocycles. The molecule has 17 heavy (non-hydrogen) atoms. The first kappa shape index (κ1) is 12.4. The van der Waals surface area contributed by atoms with E-state index in [9.17, 15) is 9.90 Å². The van der Waals surface area contributed by atoms with E-state index in [1.165, 1.54) is 0 Å². The lowest BCUT2D eigenvalue weighted by molar-refractivity contribution is -0.151. The lowest BCUT2D eigenvalue weighted by Gasteiger charge is -2.29. The topological polar surface area (TPSA) is 46.5 Å². The number of aryl methyl sites for hydroxylation is 1. The van der Waals surface area contributed by atoms with E-state index < -0.39 is 11.9 Å². The van der Waals surface area contributed by atoms with Crippen LogP contribution in [0.1, 0.15) is 30.1 Å². The fourth-order valence-electron chi connectivity index (χ4n) is 2.15. The van der Waals surface area contributed by atoms with Gasteiger partial charge in [-0.05, 0) is 37.0 Å². The summed E-state index contributed by atoms with van der Waals surface area (Å²) in [6.07, 6.45) is 1.08. The highest BCUT2D eigenvalue weighted by Gasteiger charge is 2.33. The van der Waals surface area contributed by atoms with Crippen molar-refractivity contribution >= 4 is 17.6 Å². The molecule has 0 aliphatic carbocycles. The third kappa shape index (κ3) is 2.61. The van der Waals surface area contributed by atoms with Gasteiger partial charge in [-0.3, -0.25) is 4.79 Å². The predicted molar refractivity (Wildman–Crippen MR) is 65.2 cm³/mol. The summed E-state index contributed by atoms with van der Waals surface area (Å²) in [4.78, 5) is 11.2. The summed E-state index contributed by atoms with van der Waals surface area (Å²) in [5, 5.41) is 9.83. The van der Waals surface area contributed by atoms with E-state index in [1.54, 1.807) is 0 Å². The second kappa shape index (κ2) is 5.07. The first-order chi connectivity index (χ1) is 8.09. The summed E-state index contributed by atoms with van der Waals surface area (Å²) in [6, 6.07) is 5.60. The molecule has 1 heterocycles. The van der Waals surface area contributed by atoms with Gasteiger partial charge in [-0.2, -0.15) is 0 Å². The lowest BCUT2D eigenvalue weighted by atomic mass is 9.89. The summed E-state index contributed by atoms with van der Waals surface area (Å²) in [5.41, 5.74) is 1.84. The average molecular weight is 255 g/mol. The van der Waals surface area contributed by atoms with Gasteiger partial charge in [0.1, 0.15) is 0 Å². The maximum Gasteiger partial charge on any atom is 0.309 e. The molecule has 1 N–H and O–H groups in total. The summed E-state index contributed by atoms with van der Waals surface area (Å²) < 4.78 is 5.59. The summed E-state index contributed by atoms with van der Waals surface area (Å²) in [5.74, 6) is -1.27. The number of hydrogen-bond donors (Lipinski definition) is 1. The van der Waals surface area contributed by atoms with Crippen LogP contribution in [0.2, 0.25) is 5.02 Å². The van der Waals surface area contributed by atoms with Crippen LogP contribution in [0.15, 0.2) is 18.2 Å². The van der Waals surface area contributed by atoms with Crippen molar-refractivity contribution in [1.29, 1.82) is 0 Å². The van der Waals surface area contributed by atoms with Gasteiger partial charge in [-0.15, -0.1) is 0 Å². The van der Waals surface area contributed by atoms with Crippen LogP contribution in [0.4, 0.5) is 0 Å². The Morgan fingerprint density at radius 1 is 1.53 bits per heavy atom. The van der Waals surface area contributed by atoms with Crippen molar-refractivity contribution < 1.29 is 14.6 Å². The van der Waals surface area contributed by atoms with Crippen molar-refractivity contribution in [2.24, 2.45) is 5.92 Å². The van der Waals surface area contributed by atoms with E-state index in [-0.39, 0.29) is 6.10 Å². The van der Waals surface area contributed by atoms with E-state index in [4.69, 9.17) is 16.3 Å². The zero-order chi connectivity index (χ0) is 12.4. The molecule has 0 amide bonds. The normalized spacial score (nSPS) is 24.6. The molecular formula is C13H15ClO3. The Balaban J connectivity index is 2.29. The second-order valence-electron chi connectivity index (χ2n) is 4.39. The van der Waals surface area contributed by atoms with Crippen LogP contribution in [0.25, 0.3) is 0 Å². The smallest absolute Gasteiger partial charge is 0.309 e. The van der Waals surface area contributed by atoms with Crippen molar-refractivity contribution in [2.75, 3.05) is 6.61 Å². The fourth-order valence-corrected chi connectivity index (χ4v) is 2.34. The number of aliphatic carboxylic acids is 1. The first-order valence-corrected chi connectivity index (χ1v) is 6.08. The molecule has 2 rings (SSSR count). The average Bonchev–Trinajstić information content (AvgIpc) is 2.32. The van der Waals surface area contributed by atoms with Gasteiger partial charge in [-0.1, -0.05) is 23.7 Å². The van der Waals surface area contributed by atoms with Crippen molar-refractivity contribution in [3.05, 3.63) is 34.3 Å². The van der Waals surface area contributed by atoms with E-state index in [0.717, 1.165) is 17.5 Å². The number of carboxylic acids is 1. The van der Waals surface area contributed by atoms with Gasteiger partial charge < -0.3 is 9.84 Å². The minimum atomic E-state index is -0.800. The van der Waals surface area contributed by atoms with Gasteiger partial charge in [0.15, 0.2) is 0 Å². The molecule has 0 saturated carbocycles. The van der Waals surface area contributed by atoms with Crippen molar-refractivity contribution in [3.63, 3.8) is 0 Å². The van der Waals surface area contributed by atoms with Crippen molar-refractivity contribution in [1.82, 2.24) is 0 Å². The number of rotatable bonds is 2. The van der Waals surface area contributed by atoms with Gasteiger partial charge in [-0.25, -0.2) is 0 Å². The molecule has 4 heteroatoms. The number of hydrogen-bond acceptors (Lipinski definition) is 2. The largest absolute Gasteiger partial charge is 0.481 e. The quantitative estimate of drug-likeness (QED) is 0.882. The van der Waals surface area contributed by atoms with Gasteiger partial charge in [0.05, 0.1) is 12.0 Å². The van der Waals surface area contributed by atoms with Gasteiger partial charge >= 0.3 is 5.97 Å². The van der Waals surface area contributed by atoms with E-state index >= 15 is 0 Å². The van der Waals surface area contributed by atoms with Crippen LogP contribution in [0, 0.1) is 12.8 Å². The lowest BCUT2D eigenvalue weighted by Crippen LogP contribution is -2.28. The van der Waals surface area contributed by atoms with Gasteiger partial charge in [0.2, 0.25) is 0 Å². The number of halogens is 1. The summed E-state index contributed by atoms with van der Waals surface area (Å²) in [6.45, 7) is 2.53. The molecule has 92 valence electrons. The molecule has 1 aromatic rings. The van der Waals surface area contributed by atoms with E-state index in [2.05, 4.69) is 0 Å². The van der Waals surface area contributed by atoms with Crippen LogP contribution in [0.5, 0.6) is 0 Å². The minimum Gasteiger partial charge on any atom is -0.481 e. The minimum absolute atomic E-state index is 0.376. The Labute approximate surface area is 105 Å². The number of benzene rings is 1. The third-order valence-corrected chi connectivity index (χ3v) is 3.57. The standard InChI is InChI=1S/C13H15ClO3/c1-8-4-5-9(7-11(8)14)12-10(13(15)16)3-2-6-17-12/h4-5,7,10,12H,2-3,6H2,1H3,(H,15,16). The molecule has 1 saturated heterocycles. The maximum absolute atomic E-state index is 11.2. The van der Waals surface area contributed by atoms with Crippen LogP contribution in [-0.2, 0) is 9.53 Å². The highest BCUT2D eigenvalue weighted by molar-refractivity contribution is 6.31. The molecule has 2 unspecified atom stereocenters. The molecule has 2 atom stereocenters. The van der Waals surface area contributed by atoms with Crippen LogP contribution >= 0.6 is 11.6 Å². The SMILES string of the molecule is Cc1ccc(C2OCCCC2C(=O)O)cc1Cl. The zero-order valence-electron chi connectivity index (χ0n) is 9.65. The number of carboxylic acid groups (broad SMARTS) is 1. The maximum atomic E-state index is 11.2. The number of carbonyl (C=O) groups is 1. The predicted octanol–water partition coefficient (Wildman–Crippen LogP) is 3.20. The molecule has 3 nitrogen and oxygen atoms in total. The summed E-state index contributed by atoms with van der Waals surface area (Å²) >= 11 is 6.06. The van der Waals surface area contributed by atoms with Crippen LogP contribution < -0.4 is 0 Å². The van der Waals surface area contributed by atoms with Gasteiger partial charge in [0, 0.05) is 11.6 Å². The van der Waals surface area contributed by atoms with Crippen molar-refractivity contribution in [3.8, 4) is 0 Å². The zero-order valence-corrected chi connectivity index (χ0v) is 10.4. The van der Waals surface area contributed by atoms with E-state index in [1.807, 2.05) is 25.1 Å². The Morgan fingerprint density at radius 3 is 2.94 bits per heavy atom. The van der Waals surface area contributed by atoms with Crippen LogP contribution in [-0.4, -0.2) is 17.7 Å². The molecule has 0 bridgehead atoms. The molecular weight excluding hydrogens is 240 g/mol. The van der Waals surface area contributed by atoms with E-state index in [0.29, 0.717) is 18.1 Å². The highest BCUT2D eigenvalue weighted by atomic mass is 35.5. The molecule has 0 radical (unpaired) electrons. The monoisotopic (exact) mass is 254 g/mol.